The highest BCUT2D eigenvalue weighted by Crippen LogP contribution is 2.31. The van der Waals surface area contributed by atoms with E-state index < -0.39 is 0 Å². The van der Waals surface area contributed by atoms with Crippen molar-refractivity contribution in [1.82, 2.24) is 20.2 Å². The van der Waals surface area contributed by atoms with Crippen molar-refractivity contribution in [1.29, 1.82) is 0 Å². The minimum Gasteiger partial charge on any atom is -0.504 e. The number of phenolic OH excluding ortho intramolecular Hbond substituents is 1. The van der Waals surface area contributed by atoms with Crippen molar-refractivity contribution in [2.75, 3.05) is 0 Å². The molecule has 0 radical (unpaired) electrons. The Hall–Kier alpha value is -2.89. The lowest BCUT2D eigenvalue weighted by molar-refractivity contribution is 0.411. The average molecular weight is 268 g/mol. The van der Waals surface area contributed by atoms with Crippen LogP contribution in [0.15, 0.2) is 48.8 Å². The van der Waals surface area contributed by atoms with Crippen LogP contribution >= 0.6 is 0 Å². The van der Waals surface area contributed by atoms with Crippen LogP contribution in [0, 0.1) is 6.92 Å². The highest BCUT2D eigenvalue weighted by molar-refractivity contribution is 5.45. The van der Waals surface area contributed by atoms with E-state index in [1.807, 2.05) is 25.1 Å². The topological polar surface area (TPSA) is 73.1 Å². The molecule has 1 aromatic heterocycles. The molecule has 1 N–H and O–H groups in total. The number of tetrazole rings is 1. The van der Waals surface area contributed by atoms with Crippen molar-refractivity contribution < 1.29 is 9.84 Å². The van der Waals surface area contributed by atoms with Gasteiger partial charge >= 0.3 is 0 Å². The van der Waals surface area contributed by atoms with E-state index in [1.165, 1.54) is 6.33 Å². The van der Waals surface area contributed by atoms with Gasteiger partial charge in [-0.1, -0.05) is 6.07 Å². The first-order valence-corrected chi connectivity index (χ1v) is 6.03. The molecule has 0 saturated heterocycles. The van der Waals surface area contributed by atoms with Crippen LogP contribution in [-0.4, -0.2) is 25.3 Å². The molecule has 1 heterocycles. The second-order valence-corrected chi connectivity index (χ2v) is 4.32. The molecule has 6 nitrogen and oxygen atoms in total. The Morgan fingerprint density at radius 2 is 1.90 bits per heavy atom. The van der Waals surface area contributed by atoms with Crippen LogP contribution in [0.3, 0.4) is 0 Å². The third-order valence-electron chi connectivity index (χ3n) is 2.79. The van der Waals surface area contributed by atoms with Gasteiger partial charge in [-0.15, -0.1) is 5.10 Å². The van der Waals surface area contributed by atoms with Crippen LogP contribution in [-0.2, 0) is 0 Å². The number of benzene rings is 2. The van der Waals surface area contributed by atoms with E-state index in [1.54, 1.807) is 28.9 Å². The molecule has 0 fully saturated rings. The molecule has 0 saturated carbocycles. The van der Waals surface area contributed by atoms with Gasteiger partial charge in [-0.25, -0.2) is 4.68 Å². The molecule has 0 unspecified atom stereocenters. The van der Waals surface area contributed by atoms with Gasteiger partial charge in [-0.05, 0) is 59.3 Å². The van der Waals surface area contributed by atoms with Gasteiger partial charge in [0.05, 0.1) is 5.69 Å². The zero-order valence-electron chi connectivity index (χ0n) is 10.8. The van der Waals surface area contributed by atoms with Gasteiger partial charge in [0.15, 0.2) is 11.5 Å². The lowest BCUT2D eigenvalue weighted by Gasteiger charge is -2.08. The predicted molar refractivity (Wildman–Crippen MR) is 72.1 cm³/mol. The molecule has 3 rings (SSSR count). The number of rotatable bonds is 3. The molecule has 0 aliphatic heterocycles. The fourth-order valence-electron chi connectivity index (χ4n) is 1.79. The van der Waals surface area contributed by atoms with Crippen LogP contribution in [0.25, 0.3) is 5.69 Å². The predicted octanol–water partition coefficient (Wildman–Crippen LogP) is 2.47. The number of aryl methyl sites for hydroxylation is 1. The summed E-state index contributed by atoms with van der Waals surface area (Å²) < 4.78 is 7.17. The van der Waals surface area contributed by atoms with Gasteiger partial charge in [0, 0.05) is 0 Å². The quantitative estimate of drug-likeness (QED) is 0.790. The Morgan fingerprint density at radius 3 is 2.55 bits per heavy atom. The van der Waals surface area contributed by atoms with E-state index in [0.29, 0.717) is 11.5 Å². The second kappa shape index (κ2) is 5.00. The van der Waals surface area contributed by atoms with E-state index in [9.17, 15) is 5.11 Å². The molecule has 0 bridgehead atoms. The lowest BCUT2D eigenvalue weighted by atomic mass is 10.2. The summed E-state index contributed by atoms with van der Waals surface area (Å²) in [5, 5.41) is 20.8. The van der Waals surface area contributed by atoms with Gasteiger partial charge in [0.25, 0.3) is 0 Å². The van der Waals surface area contributed by atoms with E-state index in [2.05, 4.69) is 15.5 Å². The normalized spacial score (nSPS) is 10.4. The Morgan fingerprint density at radius 1 is 1.10 bits per heavy atom. The van der Waals surface area contributed by atoms with Crippen molar-refractivity contribution in [3.8, 4) is 22.9 Å². The molecule has 0 aliphatic carbocycles. The molecule has 100 valence electrons. The number of phenols is 1. The number of nitrogens with zero attached hydrogens (tertiary/aromatic N) is 4. The highest BCUT2D eigenvalue weighted by atomic mass is 16.5. The highest BCUT2D eigenvalue weighted by Gasteiger charge is 2.04. The first-order chi connectivity index (χ1) is 9.72. The minimum absolute atomic E-state index is 0.120. The van der Waals surface area contributed by atoms with Crippen LogP contribution in [0.1, 0.15) is 5.56 Å². The Labute approximate surface area is 115 Å². The standard InChI is InChI=1S/C14H12N4O2/c1-10-2-7-14(13(19)8-10)20-12-5-3-11(4-6-12)18-9-15-16-17-18/h2-9,19H,1H3. The SMILES string of the molecule is Cc1ccc(Oc2ccc(-n3cnnn3)cc2)c(O)c1. The largest absolute Gasteiger partial charge is 0.504 e. The molecule has 0 aliphatic rings. The molecule has 0 atom stereocenters. The smallest absolute Gasteiger partial charge is 0.169 e. The van der Waals surface area contributed by atoms with Gasteiger partial charge in [0.1, 0.15) is 12.1 Å². The van der Waals surface area contributed by atoms with E-state index in [4.69, 9.17) is 4.74 Å². The van der Waals surface area contributed by atoms with Crippen LogP contribution in [0.2, 0.25) is 0 Å². The fraction of sp³-hybridized carbons (Fsp3) is 0.0714. The van der Waals surface area contributed by atoms with E-state index >= 15 is 0 Å². The van der Waals surface area contributed by atoms with Crippen molar-refractivity contribution in [3.63, 3.8) is 0 Å². The van der Waals surface area contributed by atoms with Crippen molar-refractivity contribution in [2.24, 2.45) is 0 Å². The number of aromatic nitrogens is 4. The lowest BCUT2D eigenvalue weighted by Crippen LogP contribution is -1.94. The summed E-state index contributed by atoms with van der Waals surface area (Å²) in [5.74, 6) is 1.17. The maximum absolute atomic E-state index is 9.80. The van der Waals surface area contributed by atoms with Crippen molar-refractivity contribution in [3.05, 3.63) is 54.4 Å². The number of hydrogen-bond acceptors (Lipinski definition) is 5. The van der Waals surface area contributed by atoms with Gasteiger partial charge < -0.3 is 9.84 Å². The van der Waals surface area contributed by atoms with Crippen molar-refractivity contribution >= 4 is 0 Å². The minimum atomic E-state index is 0.120. The summed E-state index contributed by atoms with van der Waals surface area (Å²) in [6, 6.07) is 12.5. The number of hydrogen-bond donors (Lipinski definition) is 1. The first-order valence-electron chi connectivity index (χ1n) is 6.03. The fourth-order valence-corrected chi connectivity index (χ4v) is 1.79. The van der Waals surface area contributed by atoms with Gasteiger partial charge in [-0.3, -0.25) is 0 Å². The molecule has 0 spiro atoms. The molecule has 6 heteroatoms. The maximum Gasteiger partial charge on any atom is 0.169 e. The molecule has 0 amide bonds. The maximum atomic E-state index is 9.80. The van der Waals surface area contributed by atoms with Crippen LogP contribution in [0.4, 0.5) is 0 Å². The summed E-state index contributed by atoms with van der Waals surface area (Å²) in [6.45, 7) is 1.91. The molecule has 2 aromatic carbocycles. The van der Waals surface area contributed by atoms with E-state index in [-0.39, 0.29) is 5.75 Å². The Kier molecular flexibility index (Phi) is 3.04. The number of ether oxygens (including phenoxy) is 1. The third-order valence-corrected chi connectivity index (χ3v) is 2.79. The van der Waals surface area contributed by atoms with Crippen LogP contribution in [0.5, 0.6) is 17.2 Å². The third kappa shape index (κ3) is 2.44. The zero-order valence-corrected chi connectivity index (χ0v) is 10.8. The number of aromatic hydroxyl groups is 1. The van der Waals surface area contributed by atoms with Crippen molar-refractivity contribution in [2.45, 2.75) is 6.92 Å². The van der Waals surface area contributed by atoms with E-state index in [0.717, 1.165) is 11.3 Å². The molecule has 20 heavy (non-hydrogen) atoms. The zero-order chi connectivity index (χ0) is 13.9. The van der Waals surface area contributed by atoms with Crippen LogP contribution < -0.4 is 4.74 Å². The molecular formula is C14H12N4O2. The summed E-state index contributed by atoms with van der Waals surface area (Å²) in [6.07, 6.45) is 1.52. The summed E-state index contributed by atoms with van der Waals surface area (Å²) >= 11 is 0. The molecular weight excluding hydrogens is 256 g/mol. The average Bonchev–Trinajstić information content (AvgIpc) is 2.97. The van der Waals surface area contributed by atoms with Gasteiger partial charge in [0.2, 0.25) is 0 Å². The summed E-state index contributed by atoms with van der Waals surface area (Å²) in [5.41, 5.74) is 1.80. The first kappa shape index (κ1) is 12.2. The Bertz CT molecular complexity index is 709. The summed E-state index contributed by atoms with van der Waals surface area (Å²) in [4.78, 5) is 0. The second-order valence-electron chi connectivity index (χ2n) is 4.32. The molecule has 3 aromatic rings. The monoisotopic (exact) mass is 268 g/mol. The van der Waals surface area contributed by atoms with Gasteiger partial charge in [-0.2, -0.15) is 0 Å². The summed E-state index contributed by atoms with van der Waals surface area (Å²) in [7, 11) is 0. The Balaban J connectivity index is 1.81.